The Hall–Kier alpha value is -2.28. The number of halogens is 2. The Bertz CT molecular complexity index is 600. The zero-order valence-corrected chi connectivity index (χ0v) is 10.4. The number of aromatic nitrogens is 1. The fraction of sp³-hybridized carbons (Fsp3) is 0.200. The van der Waals surface area contributed by atoms with Crippen LogP contribution >= 0.6 is 0 Å². The number of hydrogen-bond acceptors (Lipinski definition) is 2. The lowest BCUT2D eigenvalue weighted by Crippen LogP contribution is -2.23. The summed E-state index contributed by atoms with van der Waals surface area (Å²) < 4.78 is 26.5. The number of pyridine rings is 1. The first kappa shape index (κ1) is 13.2. The molecule has 2 rings (SSSR count). The smallest absolute Gasteiger partial charge is 0.126 e. The van der Waals surface area contributed by atoms with Crippen LogP contribution in [0.25, 0.3) is 0 Å². The third-order valence-corrected chi connectivity index (χ3v) is 3.05. The maximum absolute atomic E-state index is 13.3. The minimum Gasteiger partial charge on any atom is -0.265 e. The number of benzene rings is 1. The van der Waals surface area contributed by atoms with E-state index in [9.17, 15) is 14.0 Å². The summed E-state index contributed by atoms with van der Waals surface area (Å²) in [5.74, 6) is -1.35. The van der Waals surface area contributed by atoms with Gasteiger partial charge in [-0.1, -0.05) is 0 Å². The minimum atomic E-state index is -0.982. The van der Waals surface area contributed by atoms with Crippen LogP contribution in [0.1, 0.15) is 18.1 Å². The van der Waals surface area contributed by atoms with E-state index in [0.29, 0.717) is 12.0 Å². The first-order valence-corrected chi connectivity index (χ1v) is 5.80. The van der Waals surface area contributed by atoms with Crippen molar-refractivity contribution in [2.24, 2.45) is 0 Å². The van der Waals surface area contributed by atoms with Crippen LogP contribution < -0.4 is 0 Å². The predicted octanol–water partition coefficient (Wildman–Crippen LogP) is 3.38. The molecular formula is C15H12F2N2. The Morgan fingerprint density at radius 3 is 2.26 bits per heavy atom. The summed E-state index contributed by atoms with van der Waals surface area (Å²) in [6.07, 6.45) is 3.62. The van der Waals surface area contributed by atoms with Crippen LogP contribution in [0.5, 0.6) is 0 Å². The third kappa shape index (κ3) is 2.94. The molecule has 0 saturated carbocycles. The molecule has 19 heavy (non-hydrogen) atoms. The van der Waals surface area contributed by atoms with Gasteiger partial charge in [0.25, 0.3) is 0 Å². The molecule has 0 aliphatic heterocycles. The topological polar surface area (TPSA) is 36.7 Å². The largest absolute Gasteiger partial charge is 0.265 e. The number of nitriles is 1. The fourth-order valence-electron chi connectivity index (χ4n) is 1.99. The summed E-state index contributed by atoms with van der Waals surface area (Å²) in [6.45, 7) is 1.67. The molecule has 1 atom stereocenters. The van der Waals surface area contributed by atoms with E-state index in [-0.39, 0.29) is 0 Å². The molecule has 1 heterocycles. The summed E-state index contributed by atoms with van der Waals surface area (Å²) in [5.41, 5.74) is 0.248. The second-order valence-corrected chi connectivity index (χ2v) is 4.63. The Morgan fingerprint density at radius 2 is 1.74 bits per heavy atom. The van der Waals surface area contributed by atoms with Gasteiger partial charge in [-0.15, -0.1) is 0 Å². The Balaban J connectivity index is 2.40. The number of nitrogens with zero attached hydrogens (tertiary/aromatic N) is 2. The fourth-order valence-corrected chi connectivity index (χ4v) is 1.99. The van der Waals surface area contributed by atoms with Crippen LogP contribution in [0, 0.1) is 23.0 Å². The summed E-state index contributed by atoms with van der Waals surface area (Å²) in [7, 11) is 0. The standard InChI is InChI=1S/C15H12F2N2/c1-15(10-18,9-11-2-4-19-5-3-11)12-6-13(16)8-14(17)7-12/h2-8H,9H2,1H3. The van der Waals surface area contributed by atoms with E-state index in [1.807, 2.05) is 0 Å². The van der Waals surface area contributed by atoms with Crippen LogP contribution in [0.4, 0.5) is 8.78 Å². The molecule has 0 aliphatic carbocycles. The highest BCUT2D eigenvalue weighted by Crippen LogP contribution is 2.28. The van der Waals surface area contributed by atoms with E-state index in [2.05, 4.69) is 11.1 Å². The van der Waals surface area contributed by atoms with E-state index >= 15 is 0 Å². The lowest BCUT2D eigenvalue weighted by molar-refractivity contribution is 0.553. The molecule has 4 heteroatoms. The predicted molar refractivity (Wildman–Crippen MR) is 67.3 cm³/mol. The SMILES string of the molecule is CC(C#N)(Cc1ccncc1)c1cc(F)cc(F)c1. The second kappa shape index (κ2) is 5.15. The first-order valence-electron chi connectivity index (χ1n) is 5.80. The molecule has 2 nitrogen and oxygen atoms in total. The molecule has 0 fully saturated rings. The van der Waals surface area contributed by atoms with Crippen LogP contribution in [-0.4, -0.2) is 4.98 Å². The van der Waals surface area contributed by atoms with Gasteiger partial charge in [0.05, 0.1) is 11.5 Å². The molecule has 0 aliphatic rings. The van der Waals surface area contributed by atoms with Crippen molar-refractivity contribution in [2.75, 3.05) is 0 Å². The second-order valence-electron chi connectivity index (χ2n) is 4.63. The Morgan fingerprint density at radius 1 is 1.16 bits per heavy atom. The minimum absolute atomic E-state index is 0.337. The zero-order chi connectivity index (χ0) is 13.9. The highest BCUT2D eigenvalue weighted by Gasteiger charge is 2.28. The van der Waals surface area contributed by atoms with Gasteiger partial charge in [0, 0.05) is 18.5 Å². The van der Waals surface area contributed by atoms with E-state index in [1.165, 1.54) is 12.1 Å². The van der Waals surface area contributed by atoms with Crippen molar-refractivity contribution < 1.29 is 8.78 Å². The van der Waals surface area contributed by atoms with Crippen molar-refractivity contribution in [3.63, 3.8) is 0 Å². The van der Waals surface area contributed by atoms with Crippen molar-refractivity contribution in [1.82, 2.24) is 4.98 Å². The van der Waals surface area contributed by atoms with E-state index in [1.54, 1.807) is 31.5 Å². The van der Waals surface area contributed by atoms with E-state index in [0.717, 1.165) is 11.6 Å². The quantitative estimate of drug-likeness (QED) is 0.846. The number of rotatable bonds is 3. The molecule has 1 aromatic carbocycles. The van der Waals surface area contributed by atoms with Crippen LogP contribution in [-0.2, 0) is 11.8 Å². The summed E-state index contributed by atoms with van der Waals surface area (Å²) in [5, 5.41) is 9.37. The van der Waals surface area contributed by atoms with Crippen LogP contribution in [0.15, 0.2) is 42.7 Å². The highest BCUT2D eigenvalue weighted by atomic mass is 19.1. The summed E-state index contributed by atoms with van der Waals surface area (Å²) >= 11 is 0. The van der Waals surface area contributed by atoms with Crippen molar-refractivity contribution in [1.29, 1.82) is 5.26 Å². The summed E-state index contributed by atoms with van der Waals surface area (Å²) in [6, 6.07) is 8.91. The molecule has 1 unspecified atom stereocenters. The monoisotopic (exact) mass is 258 g/mol. The lowest BCUT2D eigenvalue weighted by atomic mass is 9.79. The molecule has 0 amide bonds. The van der Waals surface area contributed by atoms with Gasteiger partial charge in [-0.2, -0.15) is 5.26 Å². The highest BCUT2D eigenvalue weighted by molar-refractivity contribution is 5.35. The van der Waals surface area contributed by atoms with Gasteiger partial charge in [0.15, 0.2) is 0 Å². The van der Waals surface area contributed by atoms with E-state index < -0.39 is 17.0 Å². The number of hydrogen-bond donors (Lipinski definition) is 0. The molecule has 0 radical (unpaired) electrons. The van der Waals surface area contributed by atoms with Gasteiger partial charge in [0.1, 0.15) is 11.6 Å². The van der Waals surface area contributed by atoms with Crippen molar-refractivity contribution in [2.45, 2.75) is 18.8 Å². The van der Waals surface area contributed by atoms with Crippen molar-refractivity contribution in [3.05, 3.63) is 65.5 Å². The zero-order valence-electron chi connectivity index (χ0n) is 10.4. The van der Waals surface area contributed by atoms with Crippen molar-refractivity contribution in [3.8, 4) is 6.07 Å². The van der Waals surface area contributed by atoms with Gasteiger partial charge in [-0.05, 0) is 48.7 Å². The van der Waals surface area contributed by atoms with Crippen molar-refractivity contribution >= 4 is 0 Å². The molecule has 0 spiro atoms. The summed E-state index contributed by atoms with van der Waals surface area (Å²) in [4.78, 5) is 3.90. The van der Waals surface area contributed by atoms with Crippen LogP contribution in [0.2, 0.25) is 0 Å². The normalized spacial score (nSPS) is 13.6. The Kier molecular flexibility index (Phi) is 3.57. The third-order valence-electron chi connectivity index (χ3n) is 3.05. The molecule has 2 aromatic rings. The average Bonchev–Trinajstić information content (AvgIpc) is 2.38. The van der Waals surface area contributed by atoms with Crippen LogP contribution in [0.3, 0.4) is 0 Å². The van der Waals surface area contributed by atoms with Gasteiger partial charge in [-0.25, -0.2) is 8.78 Å². The van der Waals surface area contributed by atoms with Gasteiger partial charge >= 0.3 is 0 Å². The average molecular weight is 258 g/mol. The van der Waals surface area contributed by atoms with E-state index in [4.69, 9.17) is 0 Å². The Labute approximate surface area is 110 Å². The molecule has 0 saturated heterocycles. The molecule has 0 N–H and O–H groups in total. The lowest BCUT2D eigenvalue weighted by Gasteiger charge is -2.22. The maximum atomic E-state index is 13.3. The van der Waals surface area contributed by atoms with Gasteiger partial charge < -0.3 is 0 Å². The molecule has 1 aromatic heterocycles. The molecular weight excluding hydrogens is 246 g/mol. The first-order chi connectivity index (χ1) is 9.03. The van der Waals surface area contributed by atoms with Gasteiger partial charge in [0.2, 0.25) is 0 Å². The molecule has 0 bridgehead atoms. The van der Waals surface area contributed by atoms with Gasteiger partial charge in [-0.3, -0.25) is 4.98 Å². The molecule has 96 valence electrons. The maximum Gasteiger partial charge on any atom is 0.126 e.